The van der Waals surface area contributed by atoms with Crippen LogP contribution in [0.15, 0.2) is 34.7 Å². The van der Waals surface area contributed by atoms with E-state index in [1.807, 2.05) is 0 Å². The number of rotatable bonds is 3. The lowest BCUT2D eigenvalue weighted by Gasteiger charge is -2.04. The fraction of sp³-hybridized carbons (Fsp3) is 0.231. The van der Waals surface area contributed by atoms with Crippen molar-refractivity contribution < 1.29 is 27.5 Å². The van der Waals surface area contributed by atoms with Crippen LogP contribution in [0.4, 0.5) is 13.2 Å². The van der Waals surface area contributed by atoms with E-state index in [1.165, 1.54) is 19.1 Å². The van der Waals surface area contributed by atoms with Crippen molar-refractivity contribution >= 4 is 5.97 Å². The van der Waals surface area contributed by atoms with Gasteiger partial charge in [0, 0.05) is 5.56 Å². The van der Waals surface area contributed by atoms with Crippen LogP contribution in [0.2, 0.25) is 0 Å². The smallest absolute Gasteiger partial charge is 0.451 e. The van der Waals surface area contributed by atoms with Crippen LogP contribution in [0.5, 0.6) is 0 Å². The number of nitrogens with zero attached hydrogens (tertiary/aromatic N) is 1. The number of halogens is 3. The maximum Gasteiger partial charge on any atom is 0.451 e. The maximum atomic E-state index is 12.9. The molecule has 1 atom stereocenters. The van der Waals surface area contributed by atoms with Gasteiger partial charge in [-0.25, -0.2) is 4.98 Å². The van der Waals surface area contributed by atoms with Crippen molar-refractivity contribution in [3.05, 3.63) is 42.0 Å². The third-order valence-corrected chi connectivity index (χ3v) is 2.69. The zero-order chi connectivity index (χ0) is 14.9. The molecule has 0 aliphatic carbocycles. The van der Waals surface area contributed by atoms with E-state index in [9.17, 15) is 18.0 Å². The van der Waals surface area contributed by atoms with Crippen LogP contribution < -0.4 is 0 Å². The molecule has 7 heteroatoms. The van der Waals surface area contributed by atoms with Gasteiger partial charge in [0.25, 0.3) is 0 Å². The molecule has 4 nitrogen and oxygen atoms in total. The molecule has 0 amide bonds. The summed E-state index contributed by atoms with van der Waals surface area (Å²) in [6, 6.07) is 7.66. The number of carboxylic acids is 1. The Labute approximate surface area is 111 Å². The Bertz CT molecular complexity index is 620. The molecule has 2 rings (SSSR count). The van der Waals surface area contributed by atoms with Gasteiger partial charge in [-0.3, -0.25) is 4.79 Å². The number of carboxylic acid groups (broad SMARTS) is 1. The van der Waals surface area contributed by atoms with Crippen molar-refractivity contribution in [1.29, 1.82) is 0 Å². The SMILES string of the molecule is CC(C(=O)O)c1nc(-c2ccccc2)c(C(F)(F)F)o1. The highest BCUT2D eigenvalue weighted by molar-refractivity contribution is 5.74. The minimum Gasteiger partial charge on any atom is -0.481 e. The van der Waals surface area contributed by atoms with Crippen LogP contribution in [0.3, 0.4) is 0 Å². The molecule has 2 aromatic rings. The molecule has 106 valence electrons. The minimum absolute atomic E-state index is 0.215. The van der Waals surface area contributed by atoms with Crippen LogP contribution in [-0.2, 0) is 11.0 Å². The predicted octanol–water partition coefficient (Wildman–Crippen LogP) is 3.55. The Kier molecular flexibility index (Phi) is 3.52. The summed E-state index contributed by atoms with van der Waals surface area (Å²) in [5, 5.41) is 8.83. The van der Waals surface area contributed by atoms with Gasteiger partial charge < -0.3 is 9.52 Å². The summed E-state index contributed by atoms with van der Waals surface area (Å²) < 4.78 is 43.4. The van der Waals surface area contributed by atoms with Gasteiger partial charge in [-0.15, -0.1) is 0 Å². The third-order valence-electron chi connectivity index (χ3n) is 2.69. The molecule has 1 N–H and O–H groups in total. The number of hydrogen-bond acceptors (Lipinski definition) is 3. The highest BCUT2D eigenvalue weighted by Gasteiger charge is 2.41. The maximum absolute atomic E-state index is 12.9. The zero-order valence-corrected chi connectivity index (χ0v) is 10.3. The average molecular weight is 285 g/mol. The second kappa shape index (κ2) is 4.99. The second-order valence-electron chi connectivity index (χ2n) is 4.15. The number of carbonyl (C=O) groups is 1. The van der Waals surface area contributed by atoms with E-state index >= 15 is 0 Å². The normalized spacial score (nSPS) is 13.2. The molecule has 0 radical (unpaired) electrons. The summed E-state index contributed by atoms with van der Waals surface area (Å²) in [7, 11) is 0. The van der Waals surface area contributed by atoms with Gasteiger partial charge in [0.05, 0.1) is 0 Å². The number of alkyl halides is 3. The monoisotopic (exact) mass is 285 g/mol. The quantitative estimate of drug-likeness (QED) is 0.936. The molecule has 1 heterocycles. The minimum atomic E-state index is -4.74. The van der Waals surface area contributed by atoms with E-state index in [-0.39, 0.29) is 5.56 Å². The lowest BCUT2D eigenvalue weighted by molar-refractivity contribution is -0.153. The van der Waals surface area contributed by atoms with E-state index in [0.29, 0.717) is 0 Å². The number of hydrogen-bond donors (Lipinski definition) is 1. The molecule has 1 unspecified atom stereocenters. The topological polar surface area (TPSA) is 63.3 Å². The van der Waals surface area contributed by atoms with Crippen LogP contribution in [0.1, 0.15) is 24.5 Å². The first-order valence-electron chi connectivity index (χ1n) is 5.67. The van der Waals surface area contributed by atoms with Gasteiger partial charge in [0.2, 0.25) is 11.7 Å². The van der Waals surface area contributed by atoms with Gasteiger partial charge in [-0.1, -0.05) is 30.3 Å². The Morgan fingerprint density at radius 3 is 2.40 bits per heavy atom. The number of aromatic nitrogens is 1. The molecule has 20 heavy (non-hydrogen) atoms. The second-order valence-corrected chi connectivity index (χ2v) is 4.15. The molecule has 0 bridgehead atoms. The Morgan fingerprint density at radius 2 is 1.90 bits per heavy atom. The average Bonchev–Trinajstić information content (AvgIpc) is 2.83. The van der Waals surface area contributed by atoms with Gasteiger partial charge in [0.1, 0.15) is 11.6 Å². The van der Waals surface area contributed by atoms with Crippen molar-refractivity contribution in [2.45, 2.75) is 19.0 Å². The number of oxazole rings is 1. The third kappa shape index (κ3) is 2.66. The van der Waals surface area contributed by atoms with E-state index < -0.39 is 35.4 Å². The van der Waals surface area contributed by atoms with E-state index in [1.54, 1.807) is 18.2 Å². The first-order chi connectivity index (χ1) is 9.30. The number of benzene rings is 1. The van der Waals surface area contributed by atoms with Gasteiger partial charge >= 0.3 is 12.1 Å². The molecule has 1 aromatic heterocycles. The van der Waals surface area contributed by atoms with Gasteiger partial charge in [0.15, 0.2) is 0 Å². The van der Waals surface area contributed by atoms with Crippen molar-refractivity contribution in [1.82, 2.24) is 4.98 Å². The molecular weight excluding hydrogens is 275 g/mol. The summed E-state index contributed by atoms with van der Waals surface area (Å²) >= 11 is 0. The first kappa shape index (κ1) is 14.1. The molecule has 0 aliphatic rings. The Balaban J connectivity index is 2.58. The van der Waals surface area contributed by atoms with E-state index in [2.05, 4.69) is 9.40 Å². The van der Waals surface area contributed by atoms with Crippen LogP contribution in [0.25, 0.3) is 11.3 Å². The Hall–Kier alpha value is -2.31. The van der Waals surface area contributed by atoms with E-state index in [4.69, 9.17) is 5.11 Å². The van der Waals surface area contributed by atoms with Crippen LogP contribution >= 0.6 is 0 Å². The summed E-state index contributed by atoms with van der Waals surface area (Å²) in [6.07, 6.45) is -4.74. The molecule has 0 aliphatic heterocycles. The Morgan fingerprint density at radius 1 is 1.30 bits per heavy atom. The van der Waals surface area contributed by atoms with Crippen molar-refractivity contribution in [2.24, 2.45) is 0 Å². The van der Waals surface area contributed by atoms with Crippen molar-refractivity contribution in [3.8, 4) is 11.3 Å². The van der Waals surface area contributed by atoms with Gasteiger partial charge in [-0.05, 0) is 6.92 Å². The van der Waals surface area contributed by atoms with Crippen molar-refractivity contribution in [3.63, 3.8) is 0 Å². The molecule has 1 aromatic carbocycles. The molecule has 0 saturated heterocycles. The lowest BCUT2D eigenvalue weighted by Crippen LogP contribution is -2.07. The standard InChI is InChI=1S/C13H10F3NO3/c1-7(12(18)19)11-17-9(8-5-3-2-4-6-8)10(20-11)13(14,15)16/h2-7H,1H3,(H,18,19). The number of aliphatic carboxylic acids is 1. The molecule has 0 fully saturated rings. The summed E-state index contributed by atoms with van der Waals surface area (Å²) in [5.41, 5.74) is -0.186. The first-order valence-corrected chi connectivity index (χ1v) is 5.67. The molecule has 0 saturated carbocycles. The zero-order valence-electron chi connectivity index (χ0n) is 10.3. The fourth-order valence-electron chi connectivity index (χ4n) is 1.61. The summed E-state index contributed by atoms with van der Waals surface area (Å²) in [4.78, 5) is 14.5. The summed E-state index contributed by atoms with van der Waals surface area (Å²) in [6.45, 7) is 1.21. The lowest BCUT2D eigenvalue weighted by atomic mass is 10.1. The fourth-order valence-corrected chi connectivity index (χ4v) is 1.61. The summed E-state index contributed by atoms with van der Waals surface area (Å²) in [5.74, 6) is -4.32. The molecular formula is C13H10F3NO3. The van der Waals surface area contributed by atoms with E-state index in [0.717, 1.165) is 0 Å². The van der Waals surface area contributed by atoms with Crippen molar-refractivity contribution in [2.75, 3.05) is 0 Å². The highest BCUT2D eigenvalue weighted by atomic mass is 19.4. The van der Waals surface area contributed by atoms with Gasteiger partial charge in [-0.2, -0.15) is 13.2 Å². The van der Waals surface area contributed by atoms with Crippen LogP contribution in [-0.4, -0.2) is 16.1 Å². The van der Waals surface area contributed by atoms with Crippen LogP contribution in [0, 0.1) is 0 Å². The predicted molar refractivity (Wildman–Crippen MR) is 63.0 cm³/mol. The molecule has 0 spiro atoms. The largest absolute Gasteiger partial charge is 0.481 e. The highest BCUT2D eigenvalue weighted by Crippen LogP contribution is 2.38.